The highest BCUT2D eigenvalue weighted by Crippen LogP contribution is 2.31. The van der Waals surface area contributed by atoms with Crippen molar-refractivity contribution >= 4 is 34.3 Å². The number of unbranched alkanes of at least 4 members (excludes halogenated alkanes) is 3. The number of piperazine rings is 1. The highest BCUT2D eigenvalue weighted by atomic mass is 19.1. The molecule has 2 aromatic carbocycles. The Morgan fingerprint density at radius 2 is 1.70 bits per heavy atom. The van der Waals surface area contributed by atoms with Gasteiger partial charge in [0.2, 0.25) is 11.9 Å². The molecule has 3 heterocycles. The summed E-state index contributed by atoms with van der Waals surface area (Å²) >= 11 is 0. The lowest BCUT2D eigenvalue weighted by Gasteiger charge is -2.36. The number of carbonyl (C=O) groups is 1. The first-order valence-corrected chi connectivity index (χ1v) is 15.2. The maximum Gasteiger partial charge on any atom is 0.243 e. The number of rotatable bonds is 12. The lowest BCUT2D eigenvalue weighted by atomic mass is 10.1. The Hall–Kier alpha value is -4.16. The van der Waals surface area contributed by atoms with Crippen LogP contribution >= 0.6 is 0 Å². The summed E-state index contributed by atoms with van der Waals surface area (Å²) in [4.78, 5) is 28.8. The molecule has 1 fully saturated rings. The highest BCUT2D eigenvalue weighted by Gasteiger charge is 2.19. The van der Waals surface area contributed by atoms with Gasteiger partial charge in [-0.25, -0.2) is 29.2 Å². The quantitative estimate of drug-likeness (QED) is 0.103. The van der Waals surface area contributed by atoms with Gasteiger partial charge in [0.25, 0.3) is 0 Å². The van der Waals surface area contributed by atoms with Gasteiger partial charge in [-0.2, -0.15) is 0 Å². The Morgan fingerprint density at radius 3 is 2.41 bits per heavy atom. The summed E-state index contributed by atoms with van der Waals surface area (Å²) in [6.07, 6.45) is 5.41. The van der Waals surface area contributed by atoms with Crippen molar-refractivity contribution in [1.82, 2.24) is 29.9 Å². The molecule has 0 saturated carbocycles. The maximum absolute atomic E-state index is 15.0. The second-order valence-corrected chi connectivity index (χ2v) is 11.5. The molecule has 44 heavy (non-hydrogen) atoms. The van der Waals surface area contributed by atoms with Crippen molar-refractivity contribution in [2.75, 3.05) is 42.9 Å². The Bertz CT molecular complexity index is 1580. The van der Waals surface area contributed by atoms with Crippen molar-refractivity contribution in [1.29, 1.82) is 0 Å². The number of benzene rings is 2. The molecule has 0 atom stereocenters. The molecule has 3 N–H and O–H groups in total. The molecule has 1 saturated heterocycles. The number of hydrogen-bond acceptors (Lipinski definition) is 8. The summed E-state index contributed by atoms with van der Waals surface area (Å²) in [7, 11) is 0. The van der Waals surface area contributed by atoms with Crippen molar-refractivity contribution in [2.24, 2.45) is 0 Å². The van der Waals surface area contributed by atoms with Gasteiger partial charge in [-0.1, -0.05) is 12.8 Å². The van der Waals surface area contributed by atoms with Crippen LogP contribution in [-0.2, 0) is 4.79 Å². The van der Waals surface area contributed by atoms with Gasteiger partial charge in [0.1, 0.15) is 17.0 Å². The van der Waals surface area contributed by atoms with E-state index in [4.69, 9.17) is 5.21 Å². The number of nitrogens with zero attached hydrogens (tertiary/aromatic N) is 6. The van der Waals surface area contributed by atoms with Crippen LogP contribution in [-0.4, -0.2) is 68.3 Å². The van der Waals surface area contributed by atoms with Crippen LogP contribution in [0, 0.1) is 18.6 Å². The van der Waals surface area contributed by atoms with Crippen molar-refractivity contribution in [3.63, 3.8) is 0 Å². The second kappa shape index (κ2) is 14.1. The van der Waals surface area contributed by atoms with E-state index >= 15 is 4.39 Å². The van der Waals surface area contributed by atoms with Crippen LogP contribution in [0.15, 0.2) is 42.6 Å². The van der Waals surface area contributed by atoms with E-state index in [0.29, 0.717) is 23.3 Å². The molecule has 1 amide bonds. The van der Waals surface area contributed by atoms with Crippen molar-refractivity contribution in [3.05, 3.63) is 60.1 Å². The highest BCUT2D eigenvalue weighted by molar-refractivity contribution is 5.83. The summed E-state index contributed by atoms with van der Waals surface area (Å²) in [6, 6.07) is 11.0. The van der Waals surface area contributed by atoms with Gasteiger partial charge in [-0.05, 0) is 76.6 Å². The number of fused-ring (bicyclic) bond motifs is 1. The number of hydroxylamine groups is 1. The molecule has 0 spiro atoms. The Morgan fingerprint density at radius 1 is 0.977 bits per heavy atom. The first-order valence-electron chi connectivity index (χ1n) is 15.2. The standard InChI is InChI=1S/C32H40F2N8O2/c1-21(2)42-22(3)36-31-26(33)18-23(19-28(31)42)30-27(34)20-35-32(38-30)37-24-9-11-25(12-10-24)41-16-14-40(15-17-41)13-7-5-4-6-8-29(43)39-44/h9-12,18-21,44H,4-8,13-17H2,1-3H3,(H,39,43)(H,35,37,38). The average molecular weight is 607 g/mol. The van der Waals surface area contributed by atoms with Crippen LogP contribution < -0.4 is 15.7 Å². The summed E-state index contributed by atoms with van der Waals surface area (Å²) in [5, 5.41) is 11.7. The maximum atomic E-state index is 15.0. The van der Waals surface area contributed by atoms with Gasteiger partial charge in [-0.3, -0.25) is 14.9 Å². The van der Waals surface area contributed by atoms with Gasteiger partial charge in [0, 0.05) is 55.6 Å². The van der Waals surface area contributed by atoms with Crippen LogP contribution in [0.3, 0.4) is 0 Å². The van der Waals surface area contributed by atoms with Gasteiger partial charge in [0.05, 0.1) is 11.7 Å². The number of imidazole rings is 1. The number of hydrogen-bond donors (Lipinski definition) is 3. The first kappa shape index (κ1) is 31.3. The fourth-order valence-electron chi connectivity index (χ4n) is 5.83. The van der Waals surface area contributed by atoms with Gasteiger partial charge in [-0.15, -0.1) is 0 Å². The zero-order valence-corrected chi connectivity index (χ0v) is 25.5. The van der Waals surface area contributed by atoms with Crippen LogP contribution in [0.4, 0.5) is 26.1 Å². The van der Waals surface area contributed by atoms with Crippen LogP contribution in [0.2, 0.25) is 0 Å². The minimum Gasteiger partial charge on any atom is -0.369 e. The smallest absolute Gasteiger partial charge is 0.243 e. The Balaban J connectivity index is 1.17. The number of halogens is 2. The largest absolute Gasteiger partial charge is 0.369 e. The summed E-state index contributed by atoms with van der Waals surface area (Å²) in [5.41, 5.74) is 4.75. The minimum atomic E-state index is -0.636. The molecule has 0 aliphatic carbocycles. The molecule has 1 aliphatic heterocycles. The minimum absolute atomic E-state index is 0.0149. The predicted octanol–water partition coefficient (Wildman–Crippen LogP) is 5.98. The molecular weight excluding hydrogens is 566 g/mol. The summed E-state index contributed by atoms with van der Waals surface area (Å²) in [6.45, 7) is 10.7. The molecule has 4 aromatic rings. The lowest BCUT2D eigenvalue weighted by molar-refractivity contribution is -0.129. The molecule has 0 unspecified atom stereocenters. The normalized spacial score (nSPS) is 14.0. The predicted molar refractivity (Wildman–Crippen MR) is 167 cm³/mol. The number of nitrogens with one attached hydrogen (secondary N) is 2. The third-order valence-electron chi connectivity index (χ3n) is 8.07. The van der Waals surface area contributed by atoms with E-state index in [1.165, 1.54) is 6.07 Å². The number of carbonyl (C=O) groups excluding carboxylic acids is 1. The molecular formula is C32H40F2N8O2. The van der Waals surface area contributed by atoms with E-state index in [-0.39, 0.29) is 29.1 Å². The van der Waals surface area contributed by atoms with Gasteiger partial charge in [0.15, 0.2) is 11.6 Å². The zero-order chi connectivity index (χ0) is 31.2. The first-order chi connectivity index (χ1) is 21.2. The van der Waals surface area contributed by atoms with Crippen LogP contribution in [0.25, 0.3) is 22.3 Å². The zero-order valence-electron chi connectivity index (χ0n) is 25.5. The topological polar surface area (TPSA) is 111 Å². The van der Waals surface area contributed by atoms with Crippen molar-refractivity contribution in [2.45, 2.75) is 58.9 Å². The van der Waals surface area contributed by atoms with E-state index in [9.17, 15) is 9.18 Å². The van der Waals surface area contributed by atoms with E-state index in [2.05, 4.69) is 30.1 Å². The molecule has 234 valence electrons. The van der Waals surface area contributed by atoms with Gasteiger partial charge >= 0.3 is 0 Å². The van der Waals surface area contributed by atoms with Gasteiger partial charge < -0.3 is 14.8 Å². The summed E-state index contributed by atoms with van der Waals surface area (Å²) < 4.78 is 31.9. The fraction of sp³-hybridized carbons (Fsp3) is 0.438. The number of aromatic nitrogens is 4. The number of anilines is 3. The number of amides is 1. The molecule has 5 rings (SSSR count). The van der Waals surface area contributed by atoms with Crippen LogP contribution in [0.5, 0.6) is 0 Å². The van der Waals surface area contributed by atoms with E-state index < -0.39 is 11.6 Å². The molecule has 10 nitrogen and oxygen atoms in total. The van der Waals surface area contributed by atoms with Crippen molar-refractivity contribution < 1.29 is 18.8 Å². The Kier molecular flexibility index (Phi) is 10.0. The molecule has 1 aliphatic rings. The van der Waals surface area contributed by atoms with Crippen molar-refractivity contribution in [3.8, 4) is 11.3 Å². The van der Waals surface area contributed by atoms with E-state index in [0.717, 1.165) is 76.0 Å². The number of aryl methyl sites for hydroxylation is 1. The molecule has 0 bridgehead atoms. The monoisotopic (exact) mass is 606 g/mol. The van der Waals surface area contributed by atoms with E-state index in [1.54, 1.807) is 11.5 Å². The lowest BCUT2D eigenvalue weighted by Crippen LogP contribution is -2.46. The van der Waals surface area contributed by atoms with Crippen LogP contribution in [0.1, 0.15) is 57.8 Å². The second-order valence-electron chi connectivity index (χ2n) is 11.5. The molecule has 0 radical (unpaired) electrons. The molecule has 2 aromatic heterocycles. The fourth-order valence-corrected chi connectivity index (χ4v) is 5.83. The Labute approximate surface area is 256 Å². The molecule has 12 heteroatoms. The summed E-state index contributed by atoms with van der Waals surface area (Å²) in [5.74, 6) is -0.573. The van der Waals surface area contributed by atoms with E-state index in [1.807, 2.05) is 49.6 Å². The average Bonchev–Trinajstić information content (AvgIpc) is 3.37. The SMILES string of the molecule is Cc1nc2c(F)cc(-c3nc(Nc4ccc(N5CCN(CCCCCCC(=O)NO)CC5)cc4)ncc3F)cc2n1C(C)C. The third kappa shape index (κ3) is 7.31. The third-order valence-corrected chi connectivity index (χ3v) is 8.07.